The minimum atomic E-state index is -1.13. The summed E-state index contributed by atoms with van der Waals surface area (Å²) < 4.78 is 0.829. The standard InChI is InChI=1S/C10H9BrO3S/c11-6-4-7(15-5-6)8(12)10(9(13)14)2-1-3-10/h4-5H,1-3H2,(H,13,14). The minimum absolute atomic E-state index is 0.239. The van der Waals surface area contributed by atoms with Gasteiger partial charge in [-0.2, -0.15) is 0 Å². The molecule has 1 aliphatic carbocycles. The maximum atomic E-state index is 12.0. The topological polar surface area (TPSA) is 54.4 Å². The summed E-state index contributed by atoms with van der Waals surface area (Å²) in [6.45, 7) is 0. The Morgan fingerprint density at radius 1 is 1.47 bits per heavy atom. The fourth-order valence-corrected chi connectivity index (χ4v) is 3.20. The van der Waals surface area contributed by atoms with Gasteiger partial charge in [-0.25, -0.2) is 0 Å². The number of carbonyl (C=O) groups is 2. The van der Waals surface area contributed by atoms with Crippen LogP contribution >= 0.6 is 27.3 Å². The van der Waals surface area contributed by atoms with E-state index in [1.165, 1.54) is 11.3 Å². The molecule has 0 bridgehead atoms. The van der Waals surface area contributed by atoms with E-state index in [0.29, 0.717) is 17.7 Å². The fraction of sp³-hybridized carbons (Fsp3) is 0.400. The lowest BCUT2D eigenvalue weighted by Gasteiger charge is -2.35. The van der Waals surface area contributed by atoms with Gasteiger partial charge in [0.15, 0.2) is 5.78 Å². The van der Waals surface area contributed by atoms with Crippen molar-refractivity contribution < 1.29 is 14.7 Å². The van der Waals surface area contributed by atoms with E-state index in [1.54, 1.807) is 11.4 Å². The molecule has 0 unspecified atom stereocenters. The molecule has 1 aromatic heterocycles. The zero-order valence-electron chi connectivity index (χ0n) is 7.83. The van der Waals surface area contributed by atoms with Crippen molar-refractivity contribution >= 4 is 39.0 Å². The van der Waals surface area contributed by atoms with E-state index in [-0.39, 0.29) is 5.78 Å². The zero-order valence-corrected chi connectivity index (χ0v) is 10.2. The summed E-state index contributed by atoms with van der Waals surface area (Å²) in [5.41, 5.74) is -1.13. The summed E-state index contributed by atoms with van der Waals surface area (Å²) in [5.74, 6) is -1.22. The van der Waals surface area contributed by atoms with Crippen molar-refractivity contribution in [3.8, 4) is 0 Å². The van der Waals surface area contributed by atoms with E-state index in [4.69, 9.17) is 5.11 Å². The Hall–Kier alpha value is -0.680. The van der Waals surface area contributed by atoms with Crippen LogP contribution in [-0.4, -0.2) is 16.9 Å². The number of Topliss-reactive ketones (excluding diaryl/α,β-unsaturated/α-hetero) is 1. The van der Waals surface area contributed by atoms with Gasteiger partial charge in [0, 0.05) is 9.85 Å². The molecule has 0 atom stereocenters. The average molecular weight is 289 g/mol. The number of halogens is 1. The van der Waals surface area contributed by atoms with Crippen LogP contribution < -0.4 is 0 Å². The second kappa shape index (κ2) is 3.72. The van der Waals surface area contributed by atoms with Crippen molar-refractivity contribution in [2.24, 2.45) is 5.41 Å². The van der Waals surface area contributed by atoms with Crippen molar-refractivity contribution in [2.45, 2.75) is 19.3 Å². The lowest BCUT2D eigenvalue weighted by Crippen LogP contribution is -2.44. The van der Waals surface area contributed by atoms with Gasteiger partial charge in [0.1, 0.15) is 5.41 Å². The number of ketones is 1. The largest absolute Gasteiger partial charge is 0.480 e. The molecule has 0 amide bonds. The molecule has 1 aromatic rings. The third-order valence-electron chi connectivity index (χ3n) is 2.84. The Morgan fingerprint density at radius 3 is 2.47 bits per heavy atom. The highest BCUT2D eigenvalue weighted by molar-refractivity contribution is 9.10. The summed E-state index contributed by atoms with van der Waals surface area (Å²) in [7, 11) is 0. The van der Waals surface area contributed by atoms with Crippen LogP contribution in [0.15, 0.2) is 15.9 Å². The Kier molecular flexibility index (Phi) is 2.68. The second-order valence-electron chi connectivity index (χ2n) is 3.70. The van der Waals surface area contributed by atoms with Gasteiger partial charge in [-0.1, -0.05) is 6.42 Å². The van der Waals surface area contributed by atoms with Crippen LogP contribution in [-0.2, 0) is 4.79 Å². The van der Waals surface area contributed by atoms with E-state index in [9.17, 15) is 9.59 Å². The number of hydrogen-bond acceptors (Lipinski definition) is 3. The van der Waals surface area contributed by atoms with Gasteiger partial charge < -0.3 is 5.11 Å². The van der Waals surface area contributed by atoms with Crippen LogP contribution in [0.2, 0.25) is 0 Å². The molecule has 15 heavy (non-hydrogen) atoms. The number of thiophene rings is 1. The Morgan fingerprint density at radius 2 is 2.13 bits per heavy atom. The van der Waals surface area contributed by atoms with Gasteiger partial charge in [0.25, 0.3) is 0 Å². The molecule has 80 valence electrons. The van der Waals surface area contributed by atoms with Crippen molar-refractivity contribution in [2.75, 3.05) is 0 Å². The van der Waals surface area contributed by atoms with Gasteiger partial charge in [0.2, 0.25) is 0 Å². The summed E-state index contributed by atoms with van der Waals surface area (Å²) in [6, 6.07) is 1.69. The summed E-state index contributed by atoms with van der Waals surface area (Å²) in [5, 5.41) is 10.9. The molecule has 2 rings (SSSR count). The van der Waals surface area contributed by atoms with Crippen molar-refractivity contribution in [1.29, 1.82) is 0 Å². The molecule has 1 N–H and O–H groups in total. The van der Waals surface area contributed by atoms with E-state index in [0.717, 1.165) is 10.9 Å². The minimum Gasteiger partial charge on any atom is -0.480 e. The van der Waals surface area contributed by atoms with E-state index < -0.39 is 11.4 Å². The number of rotatable bonds is 3. The van der Waals surface area contributed by atoms with E-state index in [1.807, 2.05) is 0 Å². The maximum absolute atomic E-state index is 12.0. The quantitative estimate of drug-likeness (QED) is 0.687. The third-order valence-corrected chi connectivity index (χ3v) is 4.53. The fourth-order valence-electron chi connectivity index (χ4n) is 1.74. The van der Waals surface area contributed by atoms with Gasteiger partial charge in [0.05, 0.1) is 4.88 Å². The van der Waals surface area contributed by atoms with Gasteiger partial charge in [-0.15, -0.1) is 11.3 Å². The van der Waals surface area contributed by atoms with Crippen molar-refractivity contribution in [3.05, 3.63) is 20.8 Å². The smallest absolute Gasteiger partial charge is 0.317 e. The third kappa shape index (κ3) is 1.63. The van der Waals surface area contributed by atoms with Gasteiger partial charge in [-0.3, -0.25) is 9.59 Å². The van der Waals surface area contributed by atoms with Crippen LogP contribution in [0.3, 0.4) is 0 Å². The number of carboxylic acid groups (broad SMARTS) is 1. The molecule has 3 nitrogen and oxygen atoms in total. The molecule has 0 aliphatic heterocycles. The van der Waals surface area contributed by atoms with Crippen LogP contribution in [0.1, 0.15) is 28.9 Å². The van der Waals surface area contributed by atoms with Crippen LogP contribution in [0.25, 0.3) is 0 Å². The molecule has 1 fully saturated rings. The highest BCUT2D eigenvalue weighted by Gasteiger charge is 2.51. The first-order chi connectivity index (χ1) is 7.06. The van der Waals surface area contributed by atoms with E-state index >= 15 is 0 Å². The lowest BCUT2D eigenvalue weighted by molar-refractivity contribution is -0.150. The molecule has 5 heteroatoms. The first-order valence-corrected chi connectivity index (χ1v) is 6.26. The lowest BCUT2D eigenvalue weighted by atomic mass is 9.65. The summed E-state index contributed by atoms with van der Waals surface area (Å²) >= 11 is 4.55. The number of aliphatic carboxylic acids is 1. The van der Waals surface area contributed by atoms with Crippen LogP contribution in [0.5, 0.6) is 0 Å². The molecule has 1 heterocycles. The summed E-state index contributed by atoms with van der Waals surface area (Å²) in [6.07, 6.45) is 1.76. The number of carbonyl (C=O) groups excluding carboxylic acids is 1. The predicted octanol–water partition coefficient (Wildman–Crippen LogP) is 2.95. The summed E-state index contributed by atoms with van der Waals surface area (Å²) in [4.78, 5) is 23.6. The molecule has 0 spiro atoms. The molecule has 1 saturated carbocycles. The van der Waals surface area contributed by atoms with Crippen LogP contribution in [0, 0.1) is 5.41 Å². The Balaban J connectivity index is 2.31. The normalized spacial score (nSPS) is 18.2. The molecule has 0 radical (unpaired) electrons. The van der Waals surface area contributed by atoms with Crippen molar-refractivity contribution in [1.82, 2.24) is 0 Å². The SMILES string of the molecule is O=C(O)C1(C(=O)c2cc(Br)cs2)CCC1. The molecule has 0 saturated heterocycles. The van der Waals surface area contributed by atoms with Crippen LogP contribution in [0.4, 0.5) is 0 Å². The zero-order chi connectivity index (χ0) is 11.1. The average Bonchev–Trinajstić information content (AvgIpc) is 2.48. The molecule has 0 aromatic carbocycles. The Labute approximate surface area is 99.2 Å². The first kappa shape index (κ1) is 10.8. The van der Waals surface area contributed by atoms with Gasteiger partial charge in [-0.05, 0) is 34.8 Å². The first-order valence-electron chi connectivity index (χ1n) is 4.58. The predicted molar refractivity (Wildman–Crippen MR) is 60.3 cm³/mol. The monoisotopic (exact) mass is 288 g/mol. The second-order valence-corrected chi connectivity index (χ2v) is 5.53. The molecule has 1 aliphatic rings. The highest BCUT2D eigenvalue weighted by Crippen LogP contribution is 2.44. The Bertz CT molecular complexity index is 420. The van der Waals surface area contributed by atoms with E-state index in [2.05, 4.69) is 15.9 Å². The highest BCUT2D eigenvalue weighted by atomic mass is 79.9. The maximum Gasteiger partial charge on any atom is 0.317 e. The molecular formula is C10H9BrO3S. The van der Waals surface area contributed by atoms with Crippen molar-refractivity contribution in [3.63, 3.8) is 0 Å². The number of carboxylic acids is 1. The number of hydrogen-bond donors (Lipinski definition) is 1. The molecular weight excluding hydrogens is 280 g/mol. The van der Waals surface area contributed by atoms with Gasteiger partial charge >= 0.3 is 5.97 Å².